The molecule has 9 atom stereocenters. The van der Waals surface area contributed by atoms with E-state index in [0.717, 1.165) is 5.56 Å². The van der Waals surface area contributed by atoms with Crippen molar-refractivity contribution in [2.45, 2.75) is 135 Å². The Labute approximate surface area is 446 Å². The zero-order valence-electron chi connectivity index (χ0n) is 44.0. The molecule has 9 unspecified atom stereocenters. The van der Waals surface area contributed by atoms with Crippen molar-refractivity contribution in [3.05, 3.63) is 101 Å². The van der Waals surface area contributed by atoms with E-state index >= 15 is 0 Å². The molecule has 1 saturated heterocycles. The van der Waals surface area contributed by atoms with Gasteiger partial charge in [0.25, 0.3) is 5.91 Å². The van der Waals surface area contributed by atoms with E-state index < -0.39 is 127 Å². The number of nitrogens with two attached hydrogens (primary N) is 2. The minimum Gasteiger partial charge on any atom is -0.508 e. The highest BCUT2D eigenvalue weighted by Gasteiger charge is 2.34. The van der Waals surface area contributed by atoms with Gasteiger partial charge in [-0.1, -0.05) is 86.2 Å². The first-order valence-corrected chi connectivity index (χ1v) is 25.0. The summed E-state index contributed by atoms with van der Waals surface area (Å²) >= 11 is 0. The van der Waals surface area contributed by atoms with Gasteiger partial charge in [0.05, 0.1) is 18.4 Å². The summed E-state index contributed by atoms with van der Waals surface area (Å²) in [6.45, 7) is 8.92. The van der Waals surface area contributed by atoms with Gasteiger partial charge in [0.1, 0.15) is 47.8 Å². The summed E-state index contributed by atoms with van der Waals surface area (Å²) in [5.74, 6) is -12.1. The molecule has 2 aromatic rings. The van der Waals surface area contributed by atoms with Crippen LogP contribution >= 0.6 is 0 Å². The second-order valence-corrected chi connectivity index (χ2v) is 18.6. The zero-order valence-corrected chi connectivity index (χ0v) is 44.0. The number of hydrogen-bond donors (Lipinski definition) is 12. The number of benzene rings is 2. The minimum absolute atomic E-state index is 0.0110. The van der Waals surface area contributed by atoms with Gasteiger partial charge in [0, 0.05) is 32.2 Å². The van der Waals surface area contributed by atoms with Crippen molar-refractivity contribution in [2.24, 2.45) is 28.3 Å². The Balaban J connectivity index is 2.11. The zero-order chi connectivity index (χ0) is 57.4. The molecule has 0 radical (unpaired) electrons. The number of ether oxygens (including phenoxy) is 1. The minimum atomic E-state index is -1.93. The summed E-state index contributed by atoms with van der Waals surface area (Å²) in [7, 11) is 0. The molecule has 418 valence electrons. The maximum Gasteiger partial charge on any atom is 0.326 e. The van der Waals surface area contributed by atoms with Gasteiger partial charge in [-0.05, 0) is 76.1 Å². The van der Waals surface area contributed by atoms with Crippen LogP contribution in [0.15, 0.2) is 95.2 Å². The number of hydrogen-bond acceptors (Lipinski definition) is 13. The molecule has 2 aromatic carbocycles. The van der Waals surface area contributed by atoms with Crippen molar-refractivity contribution >= 4 is 65.2 Å². The average molecular weight is 1070 g/mol. The molecule has 0 bridgehead atoms. The number of nitrogens with one attached hydrogen (secondary N) is 7. The van der Waals surface area contributed by atoms with E-state index in [1.54, 1.807) is 25.1 Å². The Morgan fingerprint density at radius 1 is 0.766 bits per heavy atom. The summed E-state index contributed by atoms with van der Waals surface area (Å²) in [5, 5.41) is 47.4. The number of carboxylic acids is 2. The number of allylic oxidation sites excluding steroid dienone is 3. The normalized spacial score (nSPS) is 23.5. The third-order valence-electron chi connectivity index (χ3n) is 12.3. The van der Waals surface area contributed by atoms with E-state index in [4.69, 9.17) is 16.2 Å². The van der Waals surface area contributed by atoms with Crippen LogP contribution in [-0.4, -0.2) is 129 Å². The van der Waals surface area contributed by atoms with Crippen LogP contribution in [0.3, 0.4) is 0 Å². The number of aromatic hydroxyl groups is 1. The summed E-state index contributed by atoms with van der Waals surface area (Å²) in [5.41, 5.74) is 12.8. The van der Waals surface area contributed by atoms with Gasteiger partial charge in [-0.2, -0.15) is 0 Å². The van der Waals surface area contributed by atoms with Crippen molar-refractivity contribution in [1.82, 2.24) is 37.2 Å². The van der Waals surface area contributed by atoms with Crippen molar-refractivity contribution < 1.29 is 68.0 Å². The van der Waals surface area contributed by atoms with E-state index in [1.807, 2.05) is 43.3 Å². The molecule has 0 spiro atoms. The topological polar surface area (TPSA) is 389 Å². The fourth-order valence-electron chi connectivity index (χ4n) is 7.87. The van der Waals surface area contributed by atoms with Crippen LogP contribution in [0.4, 0.5) is 0 Å². The third kappa shape index (κ3) is 22.4. The monoisotopic (exact) mass is 1070 g/mol. The summed E-state index contributed by atoms with van der Waals surface area (Å²) < 4.78 is 5.67. The lowest BCUT2D eigenvalue weighted by Crippen LogP contribution is -2.56. The maximum absolute atomic E-state index is 14.4. The first kappa shape index (κ1) is 62.7. The number of amides is 7. The summed E-state index contributed by atoms with van der Waals surface area (Å²) in [4.78, 5) is 137. The Bertz CT molecular complexity index is 2550. The standard InChI is InChI=1S/C53H72N10O14/c1-7-37-48(70)57-32(5)47(69)61-40(22-18-34-16-19-36(65)20-17-34)50(72)63-42(52(75)76)28-45(67)59-39(14-11-25-56-53(54)55)49(71)60-38(31(4)46(68)62-41(51(73)74)23-24-44(66)58-37)21-15-29(2)26-30(3)43(77-33(6)64)27-35-12-9-8-10-13-35/h7-10,12-13,15-17,19-21,26,30-32,38-43,65H,11,14,18,22-25,27-28H2,1-6H3,(H,57,70)(H,58,66)(H,59,67)(H,60,71)(H,61,69)(H,62,68)(H,63,72)(H,73,74)(H,75,76)(H4,54,55,56). The number of rotatable bonds is 16. The van der Waals surface area contributed by atoms with Crippen LogP contribution in [0.25, 0.3) is 0 Å². The lowest BCUT2D eigenvalue weighted by atomic mass is 9.94. The van der Waals surface area contributed by atoms with Crippen molar-refractivity contribution in [3.8, 4) is 5.75 Å². The van der Waals surface area contributed by atoms with Crippen LogP contribution in [0.1, 0.15) is 91.2 Å². The number of guanidine groups is 1. The van der Waals surface area contributed by atoms with Gasteiger partial charge in [-0.3, -0.25) is 43.3 Å². The molecule has 3 rings (SSSR count). The molecule has 1 heterocycles. The van der Waals surface area contributed by atoms with E-state index in [9.17, 15) is 63.3 Å². The molecule has 24 nitrogen and oxygen atoms in total. The molecule has 14 N–H and O–H groups in total. The van der Waals surface area contributed by atoms with Crippen LogP contribution < -0.4 is 48.7 Å². The number of carboxylic acid groups (broad SMARTS) is 2. The van der Waals surface area contributed by atoms with Gasteiger partial charge < -0.3 is 68.7 Å². The molecule has 7 amide bonds. The van der Waals surface area contributed by atoms with E-state index in [0.29, 0.717) is 17.6 Å². The number of aryl methyl sites for hydroxylation is 1. The molecule has 1 fully saturated rings. The molecule has 24 heteroatoms. The highest BCUT2D eigenvalue weighted by molar-refractivity contribution is 6.00. The van der Waals surface area contributed by atoms with Crippen molar-refractivity contribution in [2.75, 3.05) is 6.54 Å². The molecular weight excluding hydrogens is 1000 g/mol. The first-order valence-electron chi connectivity index (χ1n) is 25.0. The number of aliphatic carboxylic acids is 2. The number of carbonyl (C=O) groups is 10. The predicted molar refractivity (Wildman–Crippen MR) is 282 cm³/mol. The number of nitrogens with zero attached hydrogens (tertiary/aromatic N) is 1. The molecule has 0 aliphatic carbocycles. The van der Waals surface area contributed by atoms with E-state index in [-0.39, 0.29) is 55.6 Å². The molecule has 0 aromatic heterocycles. The molecule has 1 aliphatic heterocycles. The second-order valence-electron chi connectivity index (χ2n) is 18.6. The quantitative estimate of drug-likeness (QED) is 0.0274. The largest absolute Gasteiger partial charge is 0.508 e. The predicted octanol–water partition coefficient (Wildman–Crippen LogP) is 0.629. The molecule has 77 heavy (non-hydrogen) atoms. The second kappa shape index (κ2) is 31.3. The number of phenolic OH excluding ortho intramolecular Hbond substituents is 1. The van der Waals surface area contributed by atoms with Crippen LogP contribution in [0.5, 0.6) is 5.75 Å². The number of esters is 1. The molecular formula is C53H72N10O14. The maximum atomic E-state index is 14.4. The smallest absolute Gasteiger partial charge is 0.326 e. The van der Waals surface area contributed by atoms with E-state index in [1.165, 1.54) is 52.0 Å². The van der Waals surface area contributed by atoms with Gasteiger partial charge >= 0.3 is 17.9 Å². The highest BCUT2D eigenvalue weighted by atomic mass is 16.5. The highest BCUT2D eigenvalue weighted by Crippen LogP contribution is 2.20. The first-order chi connectivity index (χ1) is 36.4. The number of aliphatic imine (C=N–C) groups is 1. The van der Waals surface area contributed by atoms with Crippen LogP contribution in [-0.2, 0) is 65.5 Å². The van der Waals surface area contributed by atoms with E-state index in [2.05, 4.69) is 42.2 Å². The van der Waals surface area contributed by atoms with Gasteiger partial charge in [-0.25, -0.2) is 9.59 Å². The Hall–Kier alpha value is -8.57. The number of carbonyl (C=O) groups excluding carboxylic acids is 8. The summed E-state index contributed by atoms with van der Waals surface area (Å²) in [6, 6.07) is 6.14. The van der Waals surface area contributed by atoms with Crippen LogP contribution in [0.2, 0.25) is 0 Å². The van der Waals surface area contributed by atoms with Crippen LogP contribution in [0, 0.1) is 11.8 Å². The van der Waals surface area contributed by atoms with Crippen molar-refractivity contribution in [3.63, 3.8) is 0 Å². The van der Waals surface area contributed by atoms with Gasteiger partial charge in [-0.15, -0.1) is 0 Å². The SMILES string of the molecule is CC=C1NC(=O)CCC(C(=O)O)NC(=O)C(C)C(C=CC(C)=CC(C)C(Cc2ccccc2)OC(C)=O)NC(=O)C(CCCN=C(N)N)NC(=O)CC(C(=O)O)NC(=O)C(CCc2ccc(O)cc2)NC(=O)C(C)NC1=O. The van der Waals surface area contributed by atoms with Crippen molar-refractivity contribution in [1.29, 1.82) is 0 Å². The molecule has 0 saturated carbocycles. The lowest BCUT2D eigenvalue weighted by molar-refractivity contribution is -0.148. The fraction of sp³-hybridized carbons (Fsp3) is 0.453. The molecule has 1 aliphatic rings. The Morgan fingerprint density at radius 3 is 2.00 bits per heavy atom. The average Bonchev–Trinajstić information content (AvgIpc) is 3.36. The Kier molecular flexibility index (Phi) is 25.5. The lowest BCUT2D eigenvalue weighted by Gasteiger charge is -2.27. The third-order valence-corrected chi connectivity index (χ3v) is 12.3. The van der Waals surface area contributed by atoms with Gasteiger partial charge in [0.15, 0.2) is 5.96 Å². The van der Waals surface area contributed by atoms with Gasteiger partial charge in [0.2, 0.25) is 35.4 Å². The summed E-state index contributed by atoms with van der Waals surface area (Å²) in [6.07, 6.45) is 3.86. The number of phenols is 1. The fourth-order valence-corrected chi connectivity index (χ4v) is 7.87. The Morgan fingerprint density at radius 2 is 1.39 bits per heavy atom.